The fourth-order valence-corrected chi connectivity index (χ4v) is 1.41. The van der Waals surface area contributed by atoms with Crippen LogP contribution in [0.5, 0.6) is 0 Å². The minimum atomic E-state index is 0.939. The van der Waals surface area contributed by atoms with Crippen LogP contribution in [0.25, 0.3) is 0 Å². The number of hydrogen-bond donors (Lipinski definition) is 0. The van der Waals surface area contributed by atoms with Gasteiger partial charge in [0.1, 0.15) is 4.64 Å². The van der Waals surface area contributed by atoms with E-state index in [2.05, 4.69) is 17.7 Å². The van der Waals surface area contributed by atoms with Gasteiger partial charge in [-0.05, 0) is 18.6 Å². The van der Waals surface area contributed by atoms with Crippen LogP contribution >= 0.6 is 12.2 Å². The van der Waals surface area contributed by atoms with E-state index in [-0.39, 0.29) is 0 Å². The molecule has 66 valence electrons. The van der Waals surface area contributed by atoms with Gasteiger partial charge >= 0.3 is 0 Å². The van der Waals surface area contributed by atoms with E-state index in [0.29, 0.717) is 0 Å². The molecule has 0 aliphatic rings. The normalized spacial score (nSPS) is 10.1. The highest BCUT2D eigenvalue weighted by Crippen LogP contribution is 2.00. The van der Waals surface area contributed by atoms with Gasteiger partial charge in [0.15, 0.2) is 0 Å². The van der Waals surface area contributed by atoms with Crippen molar-refractivity contribution in [3.05, 3.63) is 29.0 Å². The number of pyridine rings is 1. The van der Waals surface area contributed by atoms with E-state index in [1.807, 2.05) is 18.2 Å². The van der Waals surface area contributed by atoms with E-state index in [0.717, 1.165) is 11.2 Å². The summed E-state index contributed by atoms with van der Waals surface area (Å²) in [6, 6.07) is 5.99. The van der Waals surface area contributed by atoms with E-state index in [1.54, 1.807) is 0 Å². The molecule has 1 nitrogen and oxygen atoms in total. The maximum Gasteiger partial charge on any atom is 0.105 e. The van der Waals surface area contributed by atoms with Gasteiger partial charge in [-0.15, -0.1) is 0 Å². The molecule has 0 radical (unpaired) electrons. The average Bonchev–Trinajstić information content (AvgIpc) is 2.09. The summed E-state index contributed by atoms with van der Waals surface area (Å²) in [5.41, 5.74) is 0. The zero-order chi connectivity index (χ0) is 8.81. The van der Waals surface area contributed by atoms with Crippen LogP contribution in [0.1, 0.15) is 26.2 Å². The SMILES string of the molecule is CCCCCn1ccccc1=S. The lowest BCUT2D eigenvalue weighted by molar-refractivity contribution is 0.595. The third kappa shape index (κ3) is 2.78. The quantitative estimate of drug-likeness (QED) is 0.509. The minimum Gasteiger partial charge on any atom is -0.339 e. The maximum atomic E-state index is 5.16. The summed E-state index contributed by atoms with van der Waals surface area (Å²) >= 11 is 5.16. The van der Waals surface area contributed by atoms with Crippen LogP contribution < -0.4 is 0 Å². The summed E-state index contributed by atoms with van der Waals surface area (Å²) in [5.74, 6) is 0. The van der Waals surface area contributed by atoms with E-state index < -0.39 is 0 Å². The van der Waals surface area contributed by atoms with Crippen molar-refractivity contribution in [2.24, 2.45) is 0 Å². The van der Waals surface area contributed by atoms with E-state index in [1.165, 1.54) is 19.3 Å². The second-order valence-corrected chi connectivity index (χ2v) is 3.36. The second-order valence-electron chi connectivity index (χ2n) is 2.94. The summed E-state index contributed by atoms with van der Waals surface area (Å²) < 4.78 is 3.07. The second kappa shape index (κ2) is 5.09. The number of unbranched alkanes of at least 4 members (excludes halogenated alkanes) is 2. The molecule has 0 aromatic carbocycles. The molecule has 1 rings (SSSR count). The molecule has 0 bridgehead atoms. The molecule has 0 amide bonds. The Labute approximate surface area is 79.0 Å². The minimum absolute atomic E-state index is 0.939. The van der Waals surface area contributed by atoms with Gasteiger partial charge in [-0.3, -0.25) is 0 Å². The molecule has 0 aliphatic carbocycles. The van der Waals surface area contributed by atoms with Gasteiger partial charge in [0.05, 0.1) is 0 Å². The van der Waals surface area contributed by atoms with Gasteiger partial charge in [0.2, 0.25) is 0 Å². The Morgan fingerprint density at radius 3 is 2.83 bits per heavy atom. The zero-order valence-electron chi connectivity index (χ0n) is 7.49. The van der Waals surface area contributed by atoms with Crippen molar-refractivity contribution in [2.45, 2.75) is 32.7 Å². The molecule has 1 heterocycles. The molecule has 0 atom stereocenters. The first-order chi connectivity index (χ1) is 5.84. The lowest BCUT2D eigenvalue weighted by atomic mass is 10.2. The van der Waals surface area contributed by atoms with Crippen LogP contribution in [0.15, 0.2) is 24.4 Å². The highest BCUT2D eigenvalue weighted by molar-refractivity contribution is 7.71. The van der Waals surface area contributed by atoms with Crippen LogP contribution in [-0.2, 0) is 6.54 Å². The molecule has 1 aromatic heterocycles. The Balaban J connectivity index is 2.52. The standard InChI is InChI=1S/C10H15NS/c1-2-3-5-8-11-9-6-4-7-10(11)12/h4,6-7,9H,2-3,5,8H2,1H3. The molecule has 0 aliphatic heterocycles. The van der Waals surface area contributed by atoms with Gasteiger partial charge in [-0.1, -0.05) is 38.0 Å². The summed E-state index contributed by atoms with van der Waals surface area (Å²) in [4.78, 5) is 0. The van der Waals surface area contributed by atoms with Crippen molar-refractivity contribution < 1.29 is 0 Å². The summed E-state index contributed by atoms with van der Waals surface area (Å²) in [5, 5.41) is 0. The Bertz CT molecular complexity index is 277. The fourth-order valence-electron chi connectivity index (χ4n) is 1.18. The molecule has 0 unspecified atom stereocenters. The molecule has 12 heavy (non-hydrogen) atoms. The summed E-state index contributed by atoms with van der Waals surface area (Å²) in [7, 11) is 0. The third-order valence-corrected chi connectivity index (χ3v) is 2.27. The first kappa shape index (κ1) is 9.46. The van der Waals surface area contributed by atoms with Crippen molar-refractivity contribution in [1.29, 1.82) is 0 Å². The van der Waals surface area contributed by atoms with Crippen molar-refractivity contribution >= 4 is 12.2 Å². The van der Waals surface area contributed by atoms with Gasteiger partial charge in [-0.2, -0.15) is 0 Å². The van der Waals surface area contributed by atoms with Gasteiger partial charge in [0.25, 0.3) is 0 Å². The fraction of sp³-hybridized carbons (Fsp3) is 0.500. The first-order valence-corrected chi connectivity index (χ1v) is 4.91. The largest absolute Gasteiger partial charge is 0.339 e. The van der Waals surface area contributed by atoms with E-state index in [9.17, 15) is 0 Å². The van der Waals surface area contributed by atoms with Crippen LogP contribution in [0.4, 0.5) is 0 Å². The van der Waals surface area contributed by atoms with Crippen LogP contribution in [0.3, 0.4) is 0 Å². The Morgan fingerprint density at radius 1 is 1.33 bits per heavy atom. The monoisotopic (exact) mass is 181 g/mol. The molecule has 0 N–H and O–H groups in total. The molecule has 0 spiro atoms. The topological polar surface area (TPSA) is 4.93 Å². The predicted molar refractivity (Wildman–Crippen MR) is 54.8 cm³/mol. The Morgan fingerprint density at radius 2 is 2.17 bits per heavy atom. The predicted octanol–water partition coefficient (Wildman–Crippen LogP) is 3.41. The highest BCUT2D eigenvalue weighted by atomic mass is 32.1. The van der Waals surface area contributed by atoms with E-state index in [4.69, 9.17) is 12.2 Å². The number of hydrogen-bond acceptors (Lipinski definition) is 1. The molecule has 0 saturated carbocycles. The van der Waals surface area contributed by atoms with E-state index >= 15 is 0 Å². The highest BCUT2D eigenvalue weighted by Gasteiger charge is 1.89. The zero-order valence-corrected chi connectivity index (χ0v) is 8.31. The average molecular weight is 181 g/mol. The smallest absolute Gasteiger partial charge is 0.105 e. The van der Waals surface area contributed by atoms with Gasteiger partial charge in [-0.25, -0.2) is 0 Å². The Kier molecular flexibility index (Phi) is 4.01. The van der Waals surface area contributed by atoms with Crippen LogP contribution in [0, 0.1) is 4.64 Å². The van der Waals surface area contributed by atoms with Crippen molar-refractivity contribution in [3.8, 4) is 0 Å². The molecular formula is C10H15NS. The lowest BCUT2D eigenvalue weighted by Crippen LogP contribution is -1.98. The van der Waals surface area contributed by atoms with Gasteiger partial charge < -0.3 is 4.57 Å². The van der Waals surface area contributed by atoms with Crippen molar-refractivity contribution in [2.75, 3.05) is 0 Å². The number of aromatic nitrogens is 1. The van der Waals surface area contributed by atoms with Gasteiger partial charge in [0, 0.05) is 12.7 Å². The molecule has 0 fully saturated rings. The van der Waals surface area contributed by atoms with Crippen LogP contribution in [0.2, 0.25) is 0 Å². The third-order valence-electron chi connectivity index (χ3n) is 1.90. The Hall–Kier alpha value is -0.630. The summed E-state index contributed by atoms with van der Waals surface area (Å²) in [6.45, 7) is 3.28. The van der Waals surface area contributed by atoms with Crippen LogP contribution in [-0.4, -0.2) is 4.57 Å². The summed E-state index contributed by atoms with van der Waals surface area (Å²) in [6.07, 6.45) is 5.84. The number of nitrogens with zero attached hydrogens (tertiary/aromatic N) is 1. The number of aryl methyl sites for hydroxylation is 1. The molecule has 0 saturated heterocycles. The molecule has 1 aromatic rings. The maximum absolute atomic E-state index is 5.16. The molecule has 2 heteroatoms. The first-order valence-electron chi connectivity index (χ1n) is 4.50. The van der Waals surface area contributed by atoms with Crippen molar-refractivity contribution in [1.82, 2.24) is 4.57 Å². The number of rotatable bonds is 4. The van der Waals surface area contributed by atoms with Crippen molar-refractivity contribution in [3.63, 3.8) is 0 Å². The molecular weight excluding hydrogens is 166 g/mol. The lowest BCUT2D eigenvalue weighted by Gasteiger charge is -2.04.